The molecule has 2 aromatic rings. The van der Waals surface area contributed by atoms with Gasteiger partial charge in [0, 0.05) is 28.4 Å². The van der Waals surface area contributed by atoms with Crippen molar-refractivity contribution in [1.29, 1.82) is 0 Å². The van der Waals surface area contributed by atoms with Crippen molar-refractivity contribution in [2.24, 2.45) is 5.41 Å². The molecule has 0 unspecified atom stereocenters. The van der Waals surface area contributed by atoms with Crippen LogP contribution in [0.4, 0.5) is 5.69 Å². The molecule has 0 radical (unpaired) electrons. The first kappa shape index (κ1) is 19.8. The SMILES string of the molecule is CC1(C)CC(=O)c2cc(C(=O)NCC(=O)Nc3ccc(Cl)cc3)c(=O)[nH]c2C1. The fraction of sp³-hybridized carbons (Fsp3) is 0.300. The number of aromatic amines is 1. The van der Waals surface area contributed by atoms with Crippen LogP contribution in [0.15, 0.2) is 35.1 Å². The lowest BCUT2D eigenvalue weighted by atomic mass is 9.75. The molecule has 1 aromatic carbocycles. The third-order valence-electron chi connectivity index (χ3n) is 4.50. The minimum atomic E-state index is -0.715. The molecule has 0 bridgehead atoms. The number of benzene rings is 1. The van der Waals surface area contributed by atoms with Crippen LogP contribution in [0.5, 0.6) is 0 Å². The smallest absolute Gasteiger partial charge is 0.261 e. The first-order valence-electron chi connectivity index (χ1n) is 8.78. The average Bonchev–Trinajstić information content (AvgIpc) is 2.60. The Kier molecular flexibility index (Phi) is 5.38. The highest BCUT2D eigenvalue weighted by atomic mass is 35.5. The number of carbonyl (C=O) groups excluding carboxylic acids is 3. The first-order valence-corrected chi connectivity index (χ1v) is 9.15. The van der Waals surface area contributed by atoms with Crippen LogP contribution >= 0.6 is 11.6 Å². The van der Waals surface area contributed by atoms with E-state index in [4.69, 9.17) is 11.6 Å². The molecular weight excluding hydrogens is 382 g/mol. The van der Waals surface area contributed by atoms with Crippen molar-refractivity contribution in [3.05, 3.63) is 62.5 Å². The number of hydrogen-bond donors (Lipinski definition) is 3. The third kappa shape index (κ3) is 4.48. The van der Waals surface area contributed by atoms with Crippen molar-refractivity contribution in [2.75, 3.05) is 11.9 Å². The topological polar surface area (TPSA) is 108 Å². The summed E-state index contributed by atoms with van der Waals surface area (Å²) in [4.78, 5) is 51.6. The number of aromatic nitrogens is 1. The number of carbonyl (C=O) groups is 3. The highest BCUT2D eigenvalue weighted by molar-refractivity contribution is 6.30. The van der Waals surface area contributed by atoms with Crippen LogP contribution in [0, 0.1) is 5.41 Å². The predicted molar refractivity (Wildman–Crippen MR) is 106 cm³/mol. The van der Waals surface area contributed by atoms with E-state index < -0.39 is 17.4 Å². The quantitative estimate of drug-likeness (QED) is 0.731. The van der Waals surface area contributed by atoms with Crippen LogP contribution in [-0.4, -0.2) is 29.1 Å². The molecule has 1 heterocycles. The maximum absolute atomic E-state index is 12.4. The lowest BCUT2D eigenvalue weighted by molar-refractivity contribution is -0.115. The number of H-pyrrole nitrogens is 1. The molecule has 7 nitrogen and oxygen atoms in total. The maximum atomic E-state index is 12.4. The van der Waals surface area contributed by atoms with Crippen molar-refractivity contribution >= 4 is 34.9 Å². The van der Waals surface area contributed by atoms with Crippen molar-refractivity contribution in [2.45, 2.75) is 26.7 Å². The Labute approximate surface area is 166 Å². The van der Waals surface area contributed by atoms with Gasteiger partial charge in [-0.3, -0.25) is 19.2 Å². The number of pyridine rings is 1. The molecule has 0 saturated carbocycles. The van der Waals surface area contributed by atoms with E-state index in [0.717, 1.165) is 0 Å². The van der Waals surface area contributed by atoms with E-state index in [1.165, 1.54) is 6.07 Å². The predicted octanol–water partition coefficient (Wildman–Crippen LogP) is 2.55. The van der Waals surface area contributed by atoms with E-state index in [2.05, 4.69) is 15.6 Å². The van der Waals surface area contributed by atoms with Crippen molar-refractivity contribution in [3.8, 4) is 0 Å². The molecule has 0 aliphatic heterocycles. The van der Waals surface area contributed by atoms with Gasteiger partial charge in [0.1, 0.15) is 5.56 Å². The molecule has 3 rings (SSSR count). The van der Waals surface area contributed by atoms with E-state index in [9.17, 15) is 19.2 Å². The highest BCUT2D eigenvalue weighted by Crippen LogP contribution is 2.33. The van der Waals surface area contributed by atoms with E-state index in [1.807, 2.05) is 13.8 Å². The molecule has 0 saturated heterocycles. The lowest BCUT2D eigenvalue weighted by Crippen LogP contribution is -2.37. The normalized spacial score (nSPS) is 14.9. The number of ketones is 1. The van der Waals surface area contributed by atoms with Gasteiger partial charge in [0.05, 0.1) is 6.54 Å². The Bertz CT molecular complexity index is 1010. The van der Waals surface area contributed by atoms with Gasteiger partial charge in [-0.25, -0.2) is 0 Å². The summed E-state index contributed by atoms with van der Waals surface area (Å²) in [5.41, 5.74) is 0.420. The second-order valence-electron chi connectivity index (χ2n) is 7.58. The van der Waals surface area contributed by atoms with E-state index in [-0.39, 0.29) is 23.3 Å². The van der Waals surface area contributed by atoms with Crippen LogP contribution in [0.1, 0.15) is 46.7 Å². The zero-order valence-electron chi connectivity index (χ0n) is 15.5. The number of hydrogen-bond acceptors (Lipinski definition) is 4. The molecule has 28 heavy (non-hydrogen) atoms. The number of anilines is 1. The van der Waals surface area contributed by atoms with Crippen molar-refractivity contribution in [3.63, 3.8) is 0 Å². The lowest BCUT2D eigenvalue weighted by Gasteiger charge is -2.29. The summed E-state index contributed by atoms with van der Waals surface area (Å²) >= 11 is 5.78. The van der Waals surface area contributed by atoms with Crippen LogP contribution in [0.3, 0.4) is 0 Å². The van der Waals surface area contributed by atoms with Gasteiger partial charge in [0.15, 0.2) is 5.78 Å². The van der Waals surface area contributed by atoms with Gasteiger partial charge in [-0.05, 0) is 42.2 Å². The molecule has 1 aliphatic rings. The van der Waals surface area contributed by atoms with Crippen LogP contribution in [0.25, 0.3) is 0 Å². The third-order valence-corrected chi connectivity index (χ3v) is 4.75. The second kappa shape index (κ2) is 7.59. The fourth-order valence-corrected chi connectivity index (χ4v) is 3.32. The second-order valence-corrected chi connectivity index (χ2v) is 8.02. The molecular formula is C20H20ClN3O4. The summed E-state index contributed by atoms with van der Waals surface area (Å²) in [5.74, 6) is -1.28. The summed E-state index contributed by atoms with van der Waals surface area (Å²) in [6.07, 6.45) is 0.894. The Morgan fingerprint density at radius 3 is 2.50 bits per heavy atom. The minimum absolute atomic E-state index is 0.114. The molecule has 8 heteroatoms. The Balaban J connectivity index is 1.68. The molecule has 146 valence electrons. The zero-order chi connectivity index (χ0) is 20.5. The average molecular weight is 402 g/mol. The summed E-state index contributed by atoms with van der Waals surface area (Å²) < 4.78 is 0. The van der Waals surface area contributed by atoms with Crippen LogP contribution in [-0.2, 0) is 11.2 Å². The largest absolute Gasteiger partial charge is 0.343 e. The van der Waals surface area contributed by atoms with E-state index >= 15 is 0 Å². The zero-order valence-corrected chi connectivity index (χ0v) is 16.3. The van der Waals surface area contributed by atoms with E-state index in [1.54, 1.807) is 24.3 Å². The fourth-order valence-electron chi connectivity index (χ4n) is 3.19. The maximum Gasteiger partial charge on any atom is 0.261 e. The number of rotatable bonds is 4. The van der Waals surface area contributed by atoms with Gasteiger partial charge in [-0.2, -0.15) is 0 Å². The number of Topliss-reactive ketones (excluding diaryl/α,β-unsaturated/α-hetero) is 1. The van der Waals surface area contributed by atoms with Gasteiger partial charge >= 0.3 is 0 Å². The van der Waals surface area contributed by atoms with Gasteiger partial charge in [-0.15, -0.1) is 0 Å². The monoisotopic (exact) mass is 401 g/mol. The molecule has 2 amide bonds. The summed E-state index contributed by atoms with van der Waals surface area (Å²) in [5, 5.41) is 5.54. The first-order chi connectivity index (χ1) is 13.1. The standard InChI is InChI=1S/C20H20ClN3O4/c1-20(2)8-15-13(16(25)9-20)7-14(19(28)24-15)18(27)22-10-17(26)23-12-5-3-11(21)4-6-12/h3-7H,8-10H2,1-2H3,(H,22,27)(H,23,26)(H,24,28). The van der Waals surface area contributed by atoms with Gasteiger partial charge in [0.25, 0.3) is 11.5 Å². The number of fused-ring (bicyclic) bond motifs is 1. The molecule has 0 spiro atoms. The number of amides is 2. The Morgan fingerprint density at radius 2 is 1.82 bits per heavy atom. The molecule has 1 aromatic heterocycles. The number of nitrogens with one attached hydrogen (secondary N) is 3. The van der Waals surface area contributed by atoms with Crippen LogP contribution in [0.2, 0.25) is 5.02 Å². The molecule has 0 atom stereocenters. The minimum Gasteiger partial charge on any atom is -0.343 e. The van der Waals surface area contributed by atoms with Gasteiger partial charge < -0.3 is 15.6 Å². The Hall–Kier alpha value is -2.93. The molecule has 1 aliphatic carbocycles. The molecule has 0 fully saturated rings. The Morgan fingerprint density at radius 1 is 1.14 bits per heavy atom. The van der Waals surface area contributed by atoms with Crippen molar-refractivity contribution in [1.82, 2.24) is 10.3 Å². The summed E-state index contributed by atoms with van der Waals surface area (Å²) in [7, 11) is 0. The summed E-state index contributed by atoms with van der Waals surface area (Å²) in [6, 6.07) is 7.83. The molecule has 3 N–H and O–H groups in total. The van der Waals surface area contributed by atoms with Crippen LogP contribution < -0.4 is 16.2 Å². The highest BCUT2D eigenvalue weighted by Gasteiger charge is 2.32. The summed E-state index contributed by atoms with van der Waals surface area (Å²) in [6.45, 7) is 3.58. The van der Waals surface area contributed by atoms with E-state index in [0.29, 0.717) is 34.8 Å². The van der Waals surface area contributed by atoms with Crippen molar-refractivity contribution < 1.29 is 14.4 Å². The van der Waals surface area contributed by atoms with Gasteiger partial charge in [0.2, 0.25) is 5.91 Å². The number of halogens is 1. The van der Waals surface area contributed by atoms with Gasteiger partial charge in [-0.1, -0.05) is 25.4 Å².